The fourth-order valence-electron chi connectivity index (χ4n) is 14.3. The Hall–Kier alpha value is -0.486. The Bertz CT molecular complexity index is 3010. The minimum atomic E-state index is -2.68. The van der Waals surface area contributed by atoms with Crippen molar-refractivity contribution in [1.29, 1.82) is 0 Å². The first-order chi connectivity index (χ1) is 46.7. The molecule has 6 aliphatic rings. The van der Waals surface area contributed by atoms with E-state index in [0.29, 0.717) is 51.1 Å². The summed E-state index contributed by atoms with van der Waals surface area (Å²) in [7, 11) is -10.7. The first-order valence-corrected chi connectivity index (χ1v) is 55.3. The molecule has 586 valence electrons. The van der Waals surface area contributed by atoms with Crippen LogP contribution in [0.5, 0.6) is 0 Å². The molecule has 0 bridgehead atoms. The molecule has 16 nitrogen and oxygen atoms in total. The van der Waals surface area contributed by atoms with Crippen LogP contribution in [-0.4, -0.2) is 181 Å². The van der Waals surface area contributed by atoms with Crippen molar-refractivity contribution in [3.63, 3.8) is 0 Å². The van der Waals surface area contributed by atoms with Crippen molar-refractivity contribution >= 4 is 81.0 Å². The van der Waals surface area contributed by atoms with E-state index in [1.165, 1.54) is 0 Å². The van der Waals surface area contributed by atoms with Crippen LogP contribution in [0.2, 0.25) is 90.7 Å². The molecular weight excluding hydrogens is 1500 g/mol. The molecule has 6 fully saturated rings. The van der Waals surface area contributed by atoms with Crippen LogP contribution >= 0.6 is 22.6 Å². The van der Waals surface area contributed by atoms with Crippen molar-refractivity contribution in [2.45, 2.75) is 388 Å². The van der Waals surface area contributed by atoms with Gasteiger partial charge < -0.3 is 64.6 Å². The van der Waals surface area contributed by atoms with Crippen molar-refractivity contribution in [2.75, 3.05) is 26.9 Å². The molecule has 1 aromatic rings. The van der Waals surface area contributed by atoms with Crippen LogP contribution in [0.4, 0.5) is 0 Å². The monoisotopic (exact) mass is 1640 g/mol. The van der Waals surface area contributed by atoms with E-state index in [4.69, 9.17) is 66.6 Å². The van der Waals surface area contributed by atoms with Crippen molar-refractivity contribution in [3.05, 3.63) is 63.8 Å². The summed E-state index contributed by atoms with van der Waals surface area (Å²) >= 11 is -0.298. The summed E-state index contributed by atoms with van der Waals surface area (Å²) in [6, 6.07) is 5.12. The maximum Gasteiger partial charge on any atom is 0.193 e. The van der Waals surface area contributed by atoms with Gasteiger partial charge in [-0.25, -0.2) is 0 Å². The van der Waals surface area contributed by atoms with Crippen molar-refractivity contribution < 1.29 is 73.6 Å². The lowest BCUT2D eigenvalue weighted by molar-refractivity contribution is -0.268. The largest absolute Gasteiger partial charge is 0.768 e. The van der Waals surface area contributed by atoms with Gasteiger partial charge in [0.1, 0.15) is 30.2 Å². The fourth-order valence-corrected chi connectivity index (χ4v) is 21.3. The van der Waals surface area contributed by atoms with Crippen molar-refractivity contribution in [2.24, 2.45) is 11.8 Å². The zero-order valence-electron chi connectivity index (χ0n) is 68.5. The molecule has 6 aliphatic heterocycles. The van der Waals surface area contributed by atoms with E-state index >= 15 is 4.79 Å². The van der Waals surface area contributed by atoms with E-state index in [0.717, 1.165) is 55.2 Å². The van der Waals surface area contributed by atoms with E-state index in [1.54, 1.807) is 19.2 Å². The van der Waals surface area contributed by atoms with Gasteiger partial charge in [-0.3, -0.25) is 9.00 Å². The number of rotatable bonds is 30. The number of methoxy groups -OCH3 is 1. The number of Topliss-reactive ketones (excluding diaryl/α,β-unsaturated/α-hetero) is 1. The predicted octanol–water partition coefficient (Wildman–Crippen LogP) is 19.3. The van der Waals surface area contributed by atoms with E-state index in [2.05, 4.69) is 211 Å². The molecule has 6 saturated heterocycles. The van der Waals surface area contributed by atoms with Crippen molar-refractivity contribution in [1.82, 2.24) is 0 Å². The molecule has 0 N–H and O–H groups in total. The number of aryl methyl sites for hydroxylation is 1. The average molecular weight is 1650 g/mol. The molecule has 23 heteroatoms. The Labute approximate surface area is 640 Å². The van der Waals surface area contributed by atoms with Gasteiger partial charge in [-0.05, 0) is 204 Å². The Balaban J connectivity index is 1.32. The number of carbonyl (C=O) groups is 1. The molecule has 6 unspecified atom stereocenters. The van der Waals surface area contributed by atoms with Gasteiger partial charge in [0.25, 0.3) is 0 Å². The molecule has 0 aromatic heterocycles. The Morgan fingerprint density at radius 3 is 1.80 bits per heavy atom. The fraction of sp³-hybridized carbons (Fsp3) is 0.835. The summed E-state index contributed by atoms with van der Waals surface area (Å²) < 4.78 is 121. The van der Waals surface area contributed by atoms with Crippen LogP contribution in [-0.2, 0) is 75.9 Å². The van der Waals surface area contributed by atoms with Gasteiger partial charge in [0.15, 0.2) is 47.9 Å². The highest BCUT2D eigenvalue weighted by molar-refractivity contribution is 14.1. The average Bonchev–Trinajstić information content (AvgIpc) is 0.768. The normalized spacial score (nSPS) is 30.9. The van der Waals surface area contributed by atoms with Gasteiger partial charge in [0, 0.05) is 43.6 Å². The van der Waals surface area contributed by atoms with Crippen molar-refractivity contribution in [3.8, 4) is 0 Å². The van der Waals surface area contributed by atoms with Crippen LogP contribution in [0, 0.1) is 18.8 Å². The number of halogens is 1. The summed E-state index contributed by atoms with van der Waals surface area (Å²) in [5, 5.41) is -0.639. The zero-order chi connectivity index (χ0) is 76.6. The van der Waals surface area contributed by atoms with Crippen LogP contribution in [0.15, 0.2) is 57.6 Å². The second-order valence-electron chi connectivity index (χ2n) is 38.6. The predicted molar refractivity (Wildman–Crippen MR) is 432 cm³/mol. The Kier molecular flexibility index (Phi) is 30.1. The zero-order valence-corrected chi connectivity index (χ0v) is 76.5. The second kappa shape index (κ2) is 34.6. The molecule has 0 spiro atoms. The number of hydrogen-bond donors (Lipinski definition) is 0. The summed E-state index contributed by atoms with van der Waals surface area (Å²) in [6.07, 6.45) is 2.12. The van der Waals surface area contributed by atoms with Crippen LogP contribution in [0.1, 0.15) is 198 Å². The third-order valence-corrected chi connectivity index (χ3v) is 49.5. The highest BCUT2D eigenvalue weighted by atomic mass is 127. The molecule has 0 aliphatic carbocycles. The number of ether oxygens (including phenoxy) is 8. The number of carbonyl (C=O) groups excluding carboxylic acids is 1. The quantitative estimate of drug-likeness (QED) is 0.0307. The number of ketones is 1. The third kappa shape index (κ3) is 21.8. The van der Waals surface area contributed by atoms with Gasteiger partial charge in [0.2, 0.25) is 0 Å². The Morgan fingerprint density at radius 2 is 1.25 bits per heavy atom. The van der Waals surface area contributed by atoms with Crippen LogP contribution in [0.3, 0.4) is 0 Å². The maximum absolute atomic E-state index is 16.8. The minimum Gasteiger partial charge on any atom is -0.768 e. The number of benzene rings is 1. The molecular formula is C79H140IO16SSi5-. The molecule has 1 aromatic carbocycles. The van der Waals surface area contributed by atoms with E-state index in [1.807, 2.05) is 17.1 Å². The van der Waals surface area contributed by atoms with Gasteiger partial charge in [0.05, 0.1) is 92.9 Å². The van der Waals surface area contributed by atoms with Gasteiger partial charge >= 0.3 is 0 Å². The first-order valence-electron chi connectivity index (χ1n) is 38.5. The van der Waals surface area contributed by atoms with Gasteiger partial charge in [-0.15, -0.1) is 0 Å². The molecule has 19 atom stereocenters. The summed E-state index contributed by atoms with van der Waals surface area (Å²) in [6.45, 7) is 71.9. The maximum atomic E-state index is 16.8. The molecule has 0 saturated carbocycles. The molecule has 7 rings (SSSR count). The van der Waals surface area contributed by atoms with Crippen LogP contribution < -0.4 is 0 Å². The lowest BCUT2D eigenvalue weighted by Crippen LogP contribution is -2.69. The first kappa shape index (κ1) is 88.7. The van der Waals surface area contributed by atoms with E-state index in [9.17, 15) is 8.76 Å². The van der Waals surface area contributed by atoms with Gasteiger partial charge in [-0.2, -0.15) is 0 Å². The SMILES string of the molecule is C=C1C[C@H](CCC2OCCO2)O[C@H]1CC[C@H]1C[C@@H](C)C(=C)[C@@H](C[C@@H]2O[C@H](CC(CO[Si](C)(C)C(C)(C)C)O[Si](C)(C)C(C)(C)C)[C@H](OC)[C@H]2CC(=O)C(c2cc(S(=O)[O-])ccc2C)[C@H]2CC[C@@H]3O[C@@H](C(/C=C/I)O[Si](C)(C)C(C)(C)C)C(O[Si](C)(C)C(C)(C)C)C(O[Si](C)(C)C(C)(C)C)[C@H]3O2)O1. The smallest absolute Gasteiger partial charge is 0.193 e. The topological polar surface area (TPSA) is 177 Å². The van der Waals surface area contributed by atoms with Crippen LogP contribution in [0.25, 0.3) is 0 Å². The third-order valence-electron chi connectivity index (χ3n) is 26.0. The molecule has 0 amide bonds. The minimum absolute atomic E-state index is 0.0326. The summed E-state index contributed by atoms with van der Waals surface area (Å²) in [5.74, 6) is -1.36. The number of hydrogen-bond acceptors (Lipinski definition) is 16. The lowest BCUT2D eigenvalue weighted by atomic mass is 9.76. The molecule has 102 heavy (non-hydrogen) atoms. The van der Waals surface area contributed by atoms with Gasteiger partial charge in [-0.1, -0.05) is 153 Å². The summed E-state index contributed by atoms with van der Waals surface area (Å²) in [5.41, 5.74) is 3.51. The summed E-state index contributed by atoms with van der Waals surface area (Å²) in [4.78, 5) is 16.9. The Morgan fingerprint density at radius 1 is 0.686 bits per heavy atom. The second-order valence-corrected chi connectivity index (χ2v) is 64.1. The highest BCUT2D eigenvalue weighted by Crippen LogP contribution is 2.51. The molecule has 6 heterocycles. The molecule has 0 radical (unpaired) electrons. The number of fused-ring (bicyclic) bond motifs is 1. The standard InChI is InChI=1S/C79H141IO16SSi5/c1-50-31-34-57(97(82)83)46-58(50)69(62-36-37-63-71(91-62)73(95-101(27,28)78(14,15)16)74(96-102(29,30)79(17,18)19)72(92-63)64(39-40-80)94-100(25,26)77(11,12)13)60(81)47-59-66(90-67(70(59)84-20)45-56(93-99(23,24)76(8,9)10)49-87-98(21,22)75(5,6)7)48-65-53(4)51(2)43-54(89-65)32-35-61-52(3)44-55(88-61)33-38-68-85-41-42-86-68/h31,34,39-40,46,51,54-56,59,61-74H,3-4,32-33,35-38,41-45,47-49H2,1-2,5-30H3,(H,82,83)/p-1/b40-39+/t51-,54+,55+,56?,59+,61+,62-,63+,64?,65-,66+,67-,69?,70-,71+,72+,73?,74?/m1/s1. The van der Waals surface area contributed by atoms with E-state index in [-0.39, 0.29) is 85.0 Å². The van der Waals surface area contributed by atoms with E-state index < -0.39 is 126 Å². The lowest BCUT2D eigenvalue weighted by Gasteiger charge is -2.56. The highest BCUT2D eigenvalue weighted by Gasteiger charge is 2.60.